The first kappa shape index (κ1) is 24.1. The molecule has 8 nitrogen and oxygen atoms in total. The third-order valence-corrected chi connectivity index (χ3v) is 7.50. The topological polar surface area (TPSA) is 88.2 Å². The zero-order valence-corrected chi connectivity index (χ0v) is 19.0. The second-order valence-electron chi connectivity index (χ2n) is 7.87. The van der Waals surface area contributed by atoms with Crippen molar-refractivity contribution in [3.63, 3.8) is 0 Å². The van der Waals surface area contributed by atoms with Crippen molar-refractivity contribution in [2.75, 3.05) is 51.3 Å². The highest BCUT2D eigenvalue weighted by atomic mass is 32.2. The Bertz CT molecular complexity index is 1130. The molecule has 0 unspecified atom stereocenters. The highest BCUT2D eigenvalue weighted by Gasteiger charge is 2.32. The number of ether oxygens (including phenoxy) is 2. The van der Waals surface area contributed by atoms with Crippen LogP contribution in [0.4, 0.5) is 18.9 Å². The van der Waals surface area contributed by atoms with Crippen LogP contribution in [0.1, 0.15) is 12.0 Å². The second-order valence-corrected chi connectivity index (χ2v) is 9.81. The Labute approximate surface area is 195 Å². The van der Waals surface area contributed by atoms with Gasteiger partial charge in [-0.15, -0.1) is 0 Å². The van der Waals surface area contributed by atoms with E-state index >= 15 is 0 Å². The van der Waals surface area contributed by atoms with Gasteiger partial charge in [0.15, 0.2) is 11.5 Å². The second kappa shape index (κ2) is 9.71. The van der Waals surface area contributed by atoms with E-state index in [1.54, 1.807) is 6.07 Å². The van der Waals surface area contributed by atoms with Gasteiger partial charge >= 0.3 is 6.18 Å². The molecule has 0 bridgehead atoms. The number of benzene rings is 2. The smallest absolute Gasteiger partial charge is 0.416 e. The average Bonchev–Trinajstić information content (AvgIpc) is 3.07. The van der Waals surface area contributed by atoms with E-state index < -0.39 is 21.8 Å². The number of halogens is 3. The van der Waals surface area contributed by atoms with Crippen molar-refractivity contribution >= 4 is 21.6 Å². The van der Waals surface area contributed by atoms with Crippen molar-refractivity contribution in [3.05, 3.63) is 48.0 Å². The molecule has 4 rings (SSSR count). The number of hydrogen-bond acceptors (Lipinski definition) is 6. The quantitative estimate of drug-likeness (QED) is 0.681. The summed E-state index contributed by atoms with van der Waals surface area (Å²) in [5, 5.41) is 2.81. The van der Waals surface area contributed by atoms with E-state index in [-0.39, 0.29) is 43.5 Å². The number of nitrogens with zero attached hydrogens (tertiary/aromatic N) is 2. The molecule has 1 fully saturated rings. The van der Waals surface area contributed by atoms with E-state index in [9.17, 15) is 26.4 Å². The SMILES string of the molecule is O=C(CNc1ccc(C(F)(F)F)cc1)N1CCN(S(=O)(=O)c2ccc3c(c2)OCCCO3)CC1. The number of sulfonamides is 1. The number of hydrogen-bond donors (Lipinski definition) is 1. The van der Waals surface area contributed by atoms with Crippen LogP contribution < -0.4 is 14.8 Å². The van der Waals surface area contributed by atoms with Crippen molar-refractivity contribution in [2.24, 2.45) is 0 Å². The summed E-state index contributed by atoms with van der Waals surface area (Å²) in [5.41, 5.74) is -0.382. The molecule has 12 heteroatoms. The Morgan fingerprint density at radius 3 is 2.24 bits per heavy atom. The van der Waals surface area contributed by atoms with Crippen LogP contribution in [-0.4, -0.2) is 69.5 Å². The lowest BCUT2D eigenvalue weighted by atomic mass is 10.2. The Morgan fingerprint density at radius 1 is 0.941 bits per heavy atom. The van der Waals surface area contributed by atoms with Gasteiger partial charge in [-0.25, -0.2) is 8.42 Å². The molecule has 0 saturated carbocycles. The molecule has 34 heavy (non-hydrogen) atoms. The number of fused-ring (bicyclic) bond motifs is 1. The van der Waals surface area contributed by atoms with Crippen molar-refractivity contribution in [3.8, 4) is 11.5 Å². The standard InChI is InChI=1S/C22H24F3N3O5S/c23-22(24,25)16-2-4-17(5-3-16)26-15-21(29)27-8-10-28(11-9-27)34(30,31)18-6-7-19-20(14-18)33-13-1-12-32-19/h2-7,14,26H,1,8-13,15H2. The van der Waals surface area contributed by atoms with Gasteiger partial charge in [0.2, 0.25) is 15.9 Å². The molecule has 1 N–H and O–H groups in total. The molecule has 2 aromatic carbocycles. The van der Waals surface area contributed by atoms with Gasteiger partial charge < -0.3 is 19.7 Å². The minimum atomic E-state index is -4.42. The van der Waals surface area contributed by atoms with E-state index in [2.05, 4.69) is 5.32 Å². The largest absolute Gasteiger partial charge is 0.490 e. The molecule has 0 aromatic heterocycles. The minimum absolute atomic E-state index is 0.0977. The molecular weight excluding hydrogens is 475 g/mol. The lowest BCUT2D eigenvalue weighted by Crippen LogP contribution is -2.51. The van der Waals surface area contributed by atoms with E-state index in [0.717, 1.165) is 12.1 Å². The molecule has 2 heterocycles. The zero-order chi connectivity index (χ0) is 24.3. The predicted molar refractivity (Wildman–Crippen MR) is 117 cm³/mol. The Balaban J connectivity index is 1.32. The molecule has 1 saturated heterocycles. The molecule has 0 aliphatic carbocycles. The number of amides is 1. The number of alkyl halides is 3. The van der Waals surface area contributed by atoms with Gasteiger partial charge in [-0.2, -0.15) is 17.5 Å². The Morgan fingerprint density at radius 2 is 1.59 bits per heavy atom. The fourth-order valence-corrected chi connectivity index (χ4v) is 5.14. The van der Waals surface area contributed by atoms with Gasteiger partial charge in [-0.3, -0.25) is 4.79 Å². The highest BCUT2D eigenvalue weighted by Crippen LogP contribution is 2.33. The normalized spacial score (nSPS) is 17.2. The molecular formula is C22H24F3N3O5S. The van der Waals surface area contributed by atoms with Crippen LogP contribution in [-0.2, 0) is 21.0 Å². The number of anilines is 1. The maximum atomic E-state index is 13.1. The fourth-order valence-electron chi connectivity index (χ4n) is 3.70. The molecule has 1 amide bonds. The third-order valence-electron chi connectivity index (χ3n) is 5.60. The van der Waals surface area contributed by atoms with Gasteiger partial charge in [0.05, 0.1) is 30.2 Å². The molecule has 0 spiro atoms. The van der Waals surface area contributed by atoms with Gasteiger partial charge in [-0.05, 0) is 36.4 Å². The van der Waals surface area contributed by atoms with Crippen LogP contribution in [0.3, 0.4) is 0 Å². The monoisotopic (exact) mass is 499 g/mol. The van der Waals surface area contributed by atoms with Gasteiger partial charge in [0.1, 0.15) is 0 Å². The van der Waals surface area contributed by atoms with Crippen molar-refractivity contribution < 1.29 is 35.9 Å². The number of nitrogens with one attached hydrogen (secondary N) is 1. The van der Waals surface area contributed by atoms with Crippen molar-refractivity contribution in [1.29, 1.82) is 0 Å². The summed E-state index contributed by atoms with van der Waals surface area (Å²) in [6, 6.07) is 8.92. The first-order valence-corrected chi connectivity index (χ1v) is 12.2. The number of piperazine rings is 1. The van der Waals surface area contributed by atoms with Crippen LogP contribution in [0.25, 0.3) is 0 Å². The molecule has 2 aliphatic heterocycles. The van der Waals surface area contributed by atoms with Crippen LogP contribution in [0, 0.1) is 0 Å². The number of rotatable bonds is 5. The van der Waals surface area contributed by atoms with Gasteiger partial charge in [0.25, 0.3) is 0 Å². The number of carbonyl (C=O) groups is 1. The zero-order valence-electron chi connectivity index (χ0n) is 18.2. The lowest BCUT2D eigenvalue weighted by molar-refractivity contribution is -0.137. The molecule has 2 aliphatic rings. The summed E-state index contributed by atoms with van der Waals surface area (Å²) in [5.74, 6) is 0.627. The number of carbonyl (C=O) groups excluding carboxylic acids is 1. The summed E-state index contributed by atoms with van der Waals surface area (Å²) in [4.78, 5) is 14.1. The van der Waals surface area contributed by atoms with E-state index in [1.165, 1.54) is 33.5 Å². The molecule has 184 valence electrons. The predicted octanol–water partition coefficient (Wildman–Crippen LogP) is 2.81. The molecule has 2 aromatic rings. The summed E-state index contributed by atoms with van der Waals surface area (Å²) < 4.78 is 76.6. The van der Waals surface area contributed by atoms with Crippen molar-refractivity contribution in [1.82, 2.24) is 9.21 Å². The summed E-state index contributed by atoms with van der Waals surface area (Å²) in [7, 11) is -3.78. The van der Waals surface area contributed by atoms with E-state index in [1.807, 2.05) is 0 Å². The van der Waals surface area contributed by atoms with Crippen molar-refractivity contribution in [2.45, 2.75) is 17.5 Å². The lowest BCUT2D eigenvalue weighted by Gasteiger charge is -2.34. The maximum Gasteiger partial charge on any atom is 0.416 e. The fraction of sp³-hybridized carbons (Fsp3) is 0.409. The summed E-state index contributed by atoms with van der Waals surface area (Å²) >= 11 is 0. The van der Waals surface area contributed by atoms with Crippen LogP contribution in [0.15, 0.2) is 47.4 Å². The summed E-state index contributed by atoms with van der Waals surface area (Å²) in [6.45, 7) is 1.50. The van der Waals surface area contributed by atoms with E-state index in [0.29, 0.717) is 36.8 Å². The van der Waals surface area contributed by atoms with Gasteiger partial charge in [-0.1, -0.05) is 0 Å². The average molecular weight is 500 g/mol. The third kappa shape index (κ3) is 5.39. The van der Waals surface area contributed by atoms with Gasteiger partial charge in [0, 0.05) is 44.4 Å². The molecule has 0 radical (unpaired) electrons. The van der Waals surface area contributed by atoms with E-state index in [4.69, 9.17) is 9.47 Å². The van der Waals surface area contributed by atoms with Crippen LogP contribution in [0.2, 0.25) is 0 Å². The minimum Gasteiger partial charge on any atom is -0.490 e. The summed E-state index contributed by atoms with van der Waals surface area (Å²) in [6.07, 6.45) is -3.71. The first-order chi connectivity index (χ1) is 16.1. The highest BCUT2D eigenvalue weighted by molar-refractivity contribution is 7.89. The van der Waals surface area contributed by atoms with Crippen LogP contribution >= 0.6 is 0 Å². The van der Waals surface area contributed by atoms with Crippen LogP contribution in [0.5, 0.6) is 11.5 Å². The Kier molecular flexibility index (Phi) is 6.89. The Hall–Kier alpha value is -2.99. The molecule has 0 atom stereocenters. The first-order valence-electron chi connectivity index (χ1n) is 10.7. The maximum absolute atomic E-state index is 13.1.